The molecule has 0 spiro atoms. The Morgan fingerprint density at radius 3 is 2.82 bits per heavy atom. The number of nitrogens with zero attached hydrogens (tertiary/aromatic N) is 3. The Hall–Kier alpha value is -0.810. The second-order valence-corrected chi connectivity index (χ2v) is 8.28. The maximum atomic E-state index is 12.2. The molecule has 0 amide bonds. The monoisotopic (exact) mass is 319 g/mol. The minimum atomic E-state index is 0.0930. The molecule has 0 atom stereocenters. The summed E-state index contributed by atoms with van der Waals surface area (Å²) in [6.45, 7) is 4.38. The van der Waals surface area contributed by atoms with Gasteiger partial charge in [0.25, 0.3) is 5.56 Å². The van der Waals surface area contributed by atoms with Crippen LogP contribution < -0.4 is 5.56 Å². The highest BCUT2D eigenvalue weighted by Crippen LogP contribution is 2.28. The van der Waals surface area contributed by atoms with Crippen LogP contribution in [-0.2, 0) is 18.7 Å². The standard InChI is InChI=1S/C17H25N3OS/c21-17-7-15-12-22-6-5-16(15)18-20(17)11-14-9-19(10-14)8-13-3-1-2-4-13/h7,13-14H,1-6,8-12H2. The van der Waals surface area contributed by atoms with Gasteiger partial charge in [-0.1, -0.05) is 12.8 Å². The number of hydrogen-bond acceptors (Lipinski definition) is 4. The Balaban J connectivity index is 1.33. The predicted octanol–water partition coefficient (Wildman–Crippen LogP) is 2.15. The molecule has 1 saturated heterocycles. The van der Waals surface area contributed by atoms with Crippen molar-refractivity contribution in [2.75, 3.05) is 25.4 Å². The molecular formula is C17H25N3OS. The highest BCUT2D eigenvalue weighted by Gasteiger charge is 2.30. The first-order chi connectivity index (χ1) is 10.8. The number of rotatable bonds is 4. The lowest BCUT2D eigenvalue weighted by molar-refractivity contribution is 0.0680. The second-order valence-electron chi connectivity index (χ2n) is 7.17. The molecule has 2 fully saturated rings. The number of hydrogen-bond donors (Lipinski definition) is 0. The summed E-state index contributed by atoms with van der Waals surface area (Å²) in [7, 11) is 0. The van der Waals surface area contributed by atoms with Crippen molar-refractivity contribution < 1.29 is 0 Å². The molecule has 120 valence electrons. The highest BCUT2D eigenvalue weighted by atomic mass is 32.2. The van der Waals surface area contributed by atoms with Crippen LogP contribution in [0.1, 0.15) is 36.9 Å². The number of aryl methyl sites for hydroxylation is 1. The molecule has 0 radical (unpaired) electrons. The molecule has 3 aliphatic rings. The van der Waals surface area contributed by atoms with Crippen LogP contribution in [0, 0.1) is 11.8 Å². The van der Waals surface area contributed by atoms with E-state index in [1.165, 1.54) is 32.2 Å². The van der Waals surface area contributed by atoms with Crippen LogP contribution in [0.2, 0.25) is 0 Å². The van der Waals surface area contributed by atoms with Crippen molar-refractivity contribution in [1.29, 1.82) is 0 Å². The molecular weight excluding hydrogens is 294 g/mol. The first-order valence-electron chi connectivity index (χ1n) is 8.68. The fourth-order valence-corrected chi connectivity index (χ4v) is 5.08. The van der Waals surface area contributed by atoms with Gasteiger partial charge in [-0.15, -0.1) is 0 Å². The maximum absolute atomic E-state index is 12.2. The van der Waals surface area contributed by atoms with E-state index in [-0.39, 0.29) is 5.56 Å². The molecule has 0 unspecified atom stereocenters. The van der Waals surface area contributed by atoms with Crippen LogP contribution >= 0.6 is 11.8 Å². The summed E-state index contributed by atoms with van der Waals surface area (Å²) in [4.78, 5) is 14.8. The third-order valence-corrected chi connectivity index (χ3v) is 6.37. The zero-order valence-electron chi connectivity index (χ0n) is 13.2. The normalized spacial score (nSPS) is 23.5. The molecule has 4 rings (SSSR count). The second kappa shape index (κ2) is 6.36. The summed E-state index contributed by atoms with van der Waals surface area (Å²) in [5.41, 5.74) is 2.41. The lowest BCUT2D eigenvalue weighted by atomic mass is 9.97. The minimum absolute atomic E-state index is 0.0930. The Kier molecular flexibility index (Phi) is 4.27. The van der Waals surface area contributed by atoms with Crippen molar-refractivity contribution in [2.24, 2.45) is 11.8 Å². The minimum Gasteiger partial charge on any atom is -0.302 e. The van der Waals surface area contributed by atoms with E-state index in [2.05, 4.69) is 10.00 Å². The van der Waals surface area contributed by atoms with Gasteiger partial charge in [-0.3, -0.25) is 4.79 Å². The molecule has 22 heavy (non-hydrogen) atoms. The van der Waals surface area contributed by atoms with Gasteiger partial charge in [0, 0.05) is 43.8 Å². The first kappa shape index (κ1) is 14.8. The smallest absolute Gasteiger partial charge is 0.267 e. The van der Waals surface area contributed by atoms with Crippen molar-refractivity contribution in [2.45, 2.75) is 44.4 Å². The third-order valence-electron chi connectivity index (χ3n) is 5.36. The molecule has 5 heteroatoms. The van der Waals surface area contributed by atoms with Crippen molar-refractivity contribution in [3.05, 3.63) is 27.7 Å². The van der Waals surface area contributed by atoms with Gasteiger partial charge in [0.05, 0.1) is 12.2 Å². The molecule has 1 aliphatic carbocycles. The SMILES string of the molecule is O=c1cc2c(nn1CC1CN(CC3CCCC3)C1)CCSC2. The van der Waals surface area contributed by atoms with Crippen LogP contribution in [-0.4, -0.2) is 40.1 Å². The first-order valence-corrected chi connectivity index (χ1v) is 9.83. The van der Waals surface area contributed by atoms with Crippen LogP contribution in [0.4, 0.5) is 0 Å². The van der Waals surface area contributed by atoms with Gasteiger partial charge in [0.2, 0.25) is 0 Å². The quantitative estimate of drug-likeness (QED) is 0.852. The van der Waals surface area contributed by atoms with Crippen molar-refractivity contribution >= 4 is 11.8 Å². The Morgan fingerprint density at radius 2 is 2.00 bits per heavy atom. The Bertz CT molecular complexity index is 588. The van der Waals surface area contributed by atoms with Crippen molar-refractivity contribution in [3.8, 4) is 0 Å². The Morgan fingerprint density at radius 1 is 1.18 bits per heavy atom. The van der Waals surface area contributed by atoms with Gasteiger partial charge in [-0.05, 0) is 30.1 Å². The van der Waals surface area contributed by atoms with Crippen LogP contribution in [0.5, 0.6) is 0 Å². The van der Waals surface area contributed by atoms with E-state index in [4.69, 9.17) is 0 Å². The predicted molar refractivity (Wildman–Crippen MR) is 90.3 cm³/mol. The summed E-state index contributed by atoms with van der Waals surface area (Å²) < 4.78 is 1.73. The molecule has 0 N–H and O–H groups in total. The van der Waals surface area contributed by atoms with Gasteiger partial charge < -0.3 is 4.90 Å². The summed E-state index contributed by atoms with van der Waals surface area (Å²) in [6.07, 6.45) is 6.71. The molecule has 0 bridgehead atoms. The molecule has 1 aromatic rings. The zero-order valence-corrected chi connectivity index (χ0v) is 14.0. The van der Waals surface area contributed by atoms with E-state index < -0.39 is 0 Å². The van der Waals surface area contributed by atoms with Crippen LogP contribution in [0.3, 0.4) is 0 Å². The molecule has 3 heterocycles. The molecule has 1 saturated carbocycles. The molecule has 4 nitrogen and oxygen atoms in total. The van der Waals surface area contributed by atoms with E-state index in [0.29, 0.717) is 5.92 Å². The Labute approximate surface area is 136 Å². The van der Waals surface area contributed by atoms with E-state index in [9.17, 15) is 4.79 Å². The fraction of sp³-hybridized carbons (Fsp3) is 0.765. The molecule has 1 aromatic heterocycles. The van der Waals surface area contributed by atoms with Gasteiger partial charge in [0.1, 0.15) is 0 Å². The van der Waals surface area contributed by atoms with Gasteiger partial charge in [-0.2, -0.15) is 16.9 Å². The van der Waals surface area contributed by atoms with Gasteiger partial charge >= 0.3 is 0 Å². The van der Waals surface area contributed by atoms with E-state index >= 15 is 0 Å². The molecule has 2 aliphatic heterocycles. The lowest BCUT2D eigenvalue weighted by Gasteiger charge is -2.40. The van der Waals surface area contributed by atoms with E-state index in [1.807, 2.05) is 17.8 Å². The zero-order chi connectivity index (χ0) is 14.9. The third kappa shape index (κ3) is 3.11. The number of likely N-dealkylation sites (tertiary alicyclic amines) is 1. The molecule has 0 aromatic carbocycles. The van der Waals surface area contributed by atoms with Gasteiger partial charge in [0.15, 0.2) is 0 Å². The average molecular weight is 319 g/mol. The van der Waals surface area contributed by atoms with E-state index in [0.717, 1.165) is 54.7 Å². The van der Waals surface area contributed by atoms with E-state index in [1.54, 1.807) is 4.68 Å². The maximum Gasteiger partial charge on any atom is 0.267 e. The number of fused-ring (bicyclic) bond motifs is 1. The van der Waals surface area contributed by atoms with Gasteiger partial charge in [-0.25, -0.2) is 4.68 Å². The van der Waals surface area contributed by atoms with Crippen molar-refractivity contribution in [3.63, 3.8) is 0 Å². The summed E-state index contributed by atoms with van der Waals surface area (Å²) >= 11 is 1.90. The summed E-state index contributed by atoms with van der Waals surface area (Å²) in [5, 5.41) is 4.64. The van der Waals surface area contributed by atoms with Crippen LogP contribution in [0.15, 0.2) is 10.9 Å². The largest absolute Gasteiger partial charge is 0.302 e. The number of aromatic nitrogens is 2. The fourth-order valence-electron chi connectivity index (χ4n) is 4.13. The summed E-state index contributed by atoms with van der Waals surface area (Å²) in [6, 6.07) is 1.82. The van der Waals surface area contributed by atoms with Crippen molar-refractivity contribution in [1.82, 2.24) is 14.7 Å². The average Bonchev–Trinajstić information content (AvgIpc) is 2.98. The highest BCUT2D eigenvalue weighted by molar-refractivity contribution is 7.98. The topological polar surface area (TPSA) is 38.1 Å². The number of thioether (sulfide) groups is 1. The summed E-state index contributed by atoms with van der Waals surface area (Å²) in [5.74, 6) is 3.64. The van der Waals surface area contributed by atoms with Crippen LogP contribution in [0.25, 0.3) is 0 Å². The lowest BCUT2D eigenvalue weighted by Crippen LogP contribution is -2.51.